The summed E-state index contributed by atoms with van der Waals surface area (Å²) in [7, 11) is 0. The standard InChI is InChI=1S/C18H21N3/c1-13-7-9-15(10-8-13)18(3)12-20-17(19)21(18)16-6-4-5-14(2)11-16/h4-11H,12H2,1-3H3,(H2,19,20). The number of anilines is 1. The first kappa shape index (κ1) is 13.7. The Morgan fingerprint density at radius 3 is 2.43 bits per heavy atom. The number of rotatable bonds is 2. The Balaban J connectivity index is 2.07. The molecule has 0 aromatic heterocycles. The second kappa shape index (κ2) is 4.92. The number of aryl methyl sites for hydroxylation is 2. The van der Waals surface area contributed by atoms with E-state index in [4.69, 9.17) is 5.73 Å². The molecule has 3 nitrogen and oxygen atoms in total. The van der Waals surface area contributed by atoms with Gasteiger partial charge in [0.15, 0.2) is 5.96 Å². The molecule has 0 saturated carbocycles. The van der Waals surface area contributed by atoms with Crippen molar-refractivity contribution in [2.75, 3.05) is 11.4 Å². The quantitative estimate of drug-likeness (QED) is 0.916. The molecule has 1 atom stereocenters. The summed E-state index contributed by atoms with van der Waals surface area (Å²) in [5.74, 6) is 0.587. The van der Waals surface area contributed by atoms with E-state index in [0.29, 0.717) is 12.5 Å². The second-order valence-corrected chi connectivity index (χ2v) is 5.99. The first-order chi connectivity index (χ1) is 10.0. The topological polar surface area (TPSA) is 41.6 Å². The van der Waals surface area contributed by atoms with E-state index < -0.39 is 0 Å². The van der Waals surface area contributed by atoms with Crippen molar-refractivity contribution in [3.63, 3.8) is 0 Å². The fourth-order valence-corrected chi connectivity index (χ4v) is 2.95. The zero-order valence-corrected chi connectivity index (χ0v) is 12.8. The Morgan fingerprint density at radius 2 is 1.76 bits per heavy atom. The van der Waals surface area contributed by atoms with E-state index in [0.717, 1.165) is 5.69 Å². The van der Waals surface area contributed by atoms with E-state index in [-0.39, 0.29) is 5.54 Å². The highest BCUT2D eigenvalue weighted by atomic mass is 15.4. The van der Waals surface area contributed by atoms with Crippen LogP contribution in [0.15, 0.2) is 53.5 Å². The molecule has 0 aliphatic carbocycles. The van der Waals surface area contributed by atoms with Gasteiger partial charge in [0.05, 0.1) is 12.1 Å². The van der Waals surface area contributed by atoms with E-state index in [9.17, 15) is 0 Å². The number of nitrogens with two attached hydrogens (primary N) is 1. The third kappa shape index (κ3) is 2.29. The smallest absolute Gasteiger partial charge is 0.196 e. The van der Waals surface area contributed by atoms with E-state index in [1.165, 1.54) is 16.7 Å². The normalized spacial score (nSPS) is 21.5. The Kier molecular flexibility index (Phi) is 3.20. The van der Waals surface area contributed by atoms with Gasteiger partial charge in [0.1, 0.15) is 0 Å². The Hall–Kier alpha value is -2.29. The van der Waals surface area contributed by atoms with Crippen LogP contribution in [0.25, 0.3) is 0 Å². The molecule has 0 saturated heterocycles. The number of benzene rings is 2. The molecule has 1 heterocycles. The van der Waals surface area contributed by atoms with Gasteiger partial charge >= 0.3 is 0 Å². The van der Waals surface area contributed by atoms with Crippen LogP contribution in [-0.2, 0) is 5.54 Å². The molecule has 3 heteroatoms. The van der Waals surface area contributed by atoms with Gasteiger partial charge in [0, 0.05) is 5.69 Å². The summed E-state index contributed by atoms with van der Waals surface area (Å²) in [6.07, 6.45) is 0. The third-order valence-electron chi connectivity index (χ3n) is 4.20. The van der Waals surface area contributed by atoms with Gasteiger partial charge in [-0.05, 0) is 44.0 Å². The van der Waals surface area contributed by atoms with Gasteiger partial charge < -0.3 is 10.6 Å². The van der Waals surface area contributed by atoms with Crippen molar-refractivity contribution in [3.8, 4) is 0 Å². The van der Waals surface area contributed by atoms with Crippen molar-refractivity contribution in [2.24, 2.45) is 10.7 Å². The number of aliphatic imine (C=N–C) groups is 1. The Labute approximate surface area is 126 Å². The molecule has 0 bridgehead atoms. The van der Waals surface area contributed by atoms with Crippen molar-refractivity contribution in [3.05, 3.63) is 65.2 Å². The van der Waals surface area contributed by atoms with Crippen molar-refractivity contribution in [1.82, 2.24) is 0 Å². The molecule has 3 rings (SSSR count). The van der Waals surface area contributed by atoms with Gasteiger partial charge in [-0.2, -0.15) is 0 Å². The van der Waals surface area contributed by atoms with E-state index in [1.807, 2.05) is 0 Å². The molecule has 2 N–H and O–H groups in total. The lowest BCUT2D eigenvalue weighted by molar-refractivity contribution is 0.532. The summed E-state index contributed by atoms with van der Waals surface area (Å²) in [6.45, 7) is 7.07. The summed E-state index contributed by atoms with van der Waals surface area (Å²) in [5, 5.41) is 0. The summed E-state index contributed by atoms with van der Waals surface area (Å²) in [6, 6.07) is 17.0. The lowest BCUT2D eigenvalue weighted by Crippen LogP contribution is -2.47. The largest absolute Gasteiger partial charge is 0.369 e. The van der Waals surface area contributed by atoms with Gasteiger partial charge in [-0.25, -0.2) is 0 Å². The van der Waals surface area contributed by atoms with Gasteiger partial charge in [-0.15, -0.1) is 0 Å². The van der Waals surface area contributed by atoms with Crippen molar-refractivity contribution >= 4 is 11.6 Å². The molecular weight excluding hydrogens is 258 g/mol. The van der Waals surface area contributed by atoms with E-state index in [2.05, 4.69) is 79.2 Å². The molecule has 1 unspecified atom stereocenters. The number of hydrogen-bond donors (Lipinski definition) is 1. The molecule has 2 aromatic carbocycles. The van der Waals surface area contributed by atoms with E-state index in [1.54, 1.807) is 0 Å². The lowest BCUT2D eigenvalue weighted by Gasteiger charge is -2.37. The highest BCUT2D eigenvalue weighted by Gasteiger charge is 2.40. The minimum absolute atomic E-state index is 0.231. The second-order valence-electron chi connectivity index (χ2n) is 5.99. The average Bonchev–Trinajstić information content (AvgIpc) is 2.76. The molecule has 1 aliphatic rings. The monoisotopic (exact) mass is 279 g/mol. The molecule has 0 amide bonds. The van der Waals surface area contributed by atoms with Crippen LogP contribution in [0.1, 0.15) is 23.6 Å². The number of guanidine groups is 1. The molecule has 1 aliphatic heterocycles. The number of hydrogen-bond acceptors (Lipinski definition) is 3. The van der Waals surface area contributed by atoms with Crippen LogP contribution in [0, 0.1) is 13.8 Å². The highest BCUT2D eigenvalue weighted by Crippen LogP contribution is 2.37. The van der Waals surface area contributed by atoms with Crippen molar-refractivity contribution in [2.45, 2.75) is 26.3 Å². The summed E-state index contributed by atoms with van der Waals surface area (Å²) < 4.78 is 0. The summed E-state index contributed by atoms with van der Waals surface area (Å²) >= 11 is 0. The molecule has 108 valence electrons. The van der Waals surface area contributed by atoms with Gasteiger partial charge in [0.2, 0.25) is 0 Å². The zero-order chi connectivity index (χ0) is 15.0. The van der Waals surface area contributed by atoms with Gasteiger partial charge in [-0.3, -0.25) is 4.99 Å². The predicted octanol–water partition coefficient (Wildman–Crippen LogP) is 3.35. The maximum absolute atomic E-state index is 6.18. The maximum Gasteiger partial charge on any atom is 0.196 e. The van der Waals surface area contributed by atoms with Crippen molar-refractivity contribution in [1.29, 1.82) is 0 Å². The van der Waals surface area contributed by atoms with Gasteiger partial charge in [0.25, 0.3) is 0 Å². The first-order valence-corrected chi connectivity index (χ1v) is 7.25. The minimum atomic E-state index is -0.231. The number of nitrogens with zero attached hydrogens (tertiary/aromatic N) is 2. The van der Waals surface area contributed by atoms with Crippen LogP contribution >= 0.6 is 0 Å². The summed E-state index contributed by atoms with van der Waals surface area (Å²) in [4.78, 5) is 6.64. The van der Waals surface area contributed by atoms with Crippen LogP contribution in [0.2, 0.25) is 0 Å². The first-order valence-electron chi connectivity index (χ1n) is 7.25. The molecule has 2 aromatic rings. The van der Waals surface area contributed by atoms with Crippen LogP contribution in [0.3, 0.4) is 0 Å². The van der Waals surface area contributed by atoms with Crippen LogP contribution in [-0.4, -0.2) is 12.5 Å². The fraction of sp³-hybridized carbons (Fsp3) is 0.278. The predicted molar refractivity (Wildman–Crippen MR) is 88.7 cm³/mol. The van der Waals surface area contributed by atoms with Crippen molar-refractivity contribution < 1.29 is 0 Å². The molecule has 0 fully saturated rings. The third-order valence-corrected chi connectivity index (χ3v) is 4.20. The van der Waals surface area contributed by atoms with E-state index >= 15 is 0 Å². The molecule has 0 spiro atoms. The molecule has 0 radical (unpaired) electrons. The average molecular weight is 279 g/mol. The minimum Gasteiger partial charge on any atom is -0.369 e. The molecule has 21 heavy (non-hydrogen) atoms. The fourth-order valence-electron chi connectivity index (χ4n) is 2.95. The van der Waals surface area contributed by atoms with Gasteiger partial charge in [-0.1, -0.05) is 42.0 Å². The van der Waals surface area contributed by atoms with Crippen LogP contribution < -0.4 is 10.6 Å². The summed E-state index contributed by atoms with van der Waals surface area (Å²) in [5.41, 5.74) is 10.8. The Bertz CT molecular complexity index is 688. The lowest BCUT2D eigenvalue weighted by atomic mass is 9.90. The maximum atomic E-state index is 6.18. The van der Waals surface area contributed by atoms with Crippen LogP contribution in [0.4, 0.5) is 5.69 Å². The van der Waals surface area contributed by atoms with Crippen LogP contribution in [0.5, 0.6) is 0 Å². The highest BCUT2D eigenvalue weighted by molar-refractivity contribution is 5.98. The molecular formula is C18H21N3. The Morgan fingerprint density at radius 1 is 1.05 bits per heavy atom. The SMILES string of the molecule is Cc1ccc(C2(C)CN=C(N)N2c2cccc(C)c2)cc1. The zero-order valence-electron chi connectivity index (χ0n) is 12.8.